The molecule has 3 aromatic rings. The molecule has 6 heteroatoms. The van der Waals surface area contributed by atoms with Crippen LogP contribution < -0.4 is 0 Å². The molecule has 1 aromatic heterocycles. The molecule has 180 valence electrons. The number of hydrogen-bond acceptors (Lipinski definition) is 3. The lowest BCUT2D eigenvalue weighted by atomic mass is 9.82. The van der Waals surface area contributed by atoms with Gasteiger partial charge in [0.2, 0.25) is 0 Å². The number of ether oxygens (including phenoxy) is 1. The van der Waals surface area contributed by atoms with Crippen molar-refractivity contribution in [2.45, 2.75) is 52.0 Å². The number of rotatable bonds is 9. The smallest absolute Gasteiger partial charge is 0.329 e. The fourth-order valence-electron chi connectivity index (χ4n) is 5.07. The number of halogens is 1. The summed E-state index contributed by atoms with van der Waals surface area (Å²) in [5.41, 5.74) is 4.92. The van der Waals surface area contributed by atoms with E-state index in [1.807, 2.05) is 24.3 Å². The van der Waals surface area contributed by atoms with Gasteiger partial charge in [0.05, 0.1) is 6.61 Å². The Hall–Kier alpha value is -2.99. The molecule has 1 aliphatic carbocycles. The Labute approximate surface area is 200 Å². The summed E-state index contributed by atoms with van der Waals surface area (Å²) in [7, 11) is 0. The van der Waals surface area contributed by atoms with E-state index in [0.29, 0.717) is 18.4 Å². The van der Waals surface area contributed by atoms with Gasteiger partial charge in [-0.1, -0.05) is 56.3 Å². The van der Waals surface area contributed by atoms with Crippen molar-refractivity contribution in [3.63, 3.8) is 0 Å². The monoisotopic (exact) mass is 464 g/mol. The number of aliphatic carboxylic acids is 1. The van der Waals surface area contributed by atoms with E-state index in [9.17, 15) is 9.18 Å². The van der Waals surface area contributed by atoms with Crippen molar-refractivity contribution in [1.82, 2.24) is 9.78 Å². The highest BCUT2D eigenvalue weighted by molar-refractivity contribution is 5.83. The van der Waals surface area contributed by atoms with Crippen LogP contribution in [0.4, 0.5) is 4.39 Å². The summed E-state index contributed by atoms with van der Waals surface area (Å²) in [4.78, 5) is 10.7. The summed E-state index contributed by atoms with van der Waals surface area (Å²) in [5.74, 6) is -0.0269. The molecule has 1 aliphatic rings. The average molecular weight is 465 g/mol. The maximum atomic E-state index is 14.2. The Morgan fingerprint density at radius 3 is 2.38 bits per heavy atom. The first-order valence-corrected chi connectivity index (χ1v) is 12.1. The number of nitrogens with zero attached hydrogens (tertiary/aromatic N) is 2. The number of hydrogen-bond donors (Lipinski definition) is 1. The maximum Gasteiger partial charge on any atom is 0.329 e. The second kappa shape index (κ2) is 11.0. The summed E-state index contributed by atoms with van der Waals surface area (Å²) in [6, 6.07) is 16.9. The van der Waals surface area contributed by atoms with Crippen molar-refractivity contribution >= 4 is 5.97 Å². The molecule has 5 nitrogen and oxygen atoms in total. The average Bonchev–Trinajstić information content (AvgIpc) is 3.20. The molecule has 0 amide bonds. The molecule has 0 radical (unpaired) electrons. The van der Waals surface area contributed by atoms with Crippen LogP contribution in [0.2, 0.25) is 0 Å². The van der Waals surface area contributed by atoms with Crippen molar-refractivity contribution < 1.29 is 19.0 Å². The second-order valence-corrected chi connectivity index (χ2v) is 9.62. The number of carboxylic acids is 1. The van der Waals surface area contributed by atoms with Crippen LogP contribution in [0.25, 0.3) is 22.4 Å². The summed E-state index contributed by atoms with van der Waals surface area (Å²) in [5, 5.41) is 13.9. The molecule has 34 heavy (non-hydrogen) atoms. The van der Waals surface area contributed by atoms with E-state index >= 15 is 0 Å². The first kappa shape index (κ1) is 24.1. The van der Waals surface area contributed by atoms with Crippen LogP contribution in [0.5, 0.6) is 0 Å². The van der Waals surface area contributed by atoms with E-state index in [-0.39, 0.29) is 18.3 Å². The minimum Gasteiger partial charge on any atom is -0.480 e. The molecule has 0 spiro atoms. The Morgan fingerprint density at radius 1 is 1.06 bits per heavy atom. The van der Waals surface area contributed by atoms with Gasteiger partial charge in [0.15, 0.2) is 0 Å². The van der Waals surface area contributed by atoms with E-state index < -0.39 is 5.97 Å². The molecular formula is C28H33FN2O3. The van der Waals surface area contributed by atoms with Gasteiger partial charge >= 0.3 is 5.97 Å². The Bertz CT molecular complexity index is 1100. The molecule has 0 aliphatic heterocycles. The Balaban J connectivity index is 1.60. The lowest BCUT2D eigenvalue weighted by Crippen LogP contribution is -2.24. The van der Waals surface area contributed by atoms with Crippen molar-refractivity contribution in [2.24, 2.45) is 11.8 Å². The van der Waals surface area contributed by atoms with Gasteiger partial charge in [0, 0.05) is 23.4 Å². The van der Waals surface area contributed by atoms with Gasteiger partial charge in [-0.25, -0.2) is 9.18 Å². The molecule has 0 unspecified atom stereocenters. The molecule has 1 heterocycles. The minimum absolute atomic E-state index is 0.226. The van der Waals surface area contributed by atoms with E-state index in [0.717, 1.165) is 60.3 Å². The molecule has 1 fully saturated rings. The molecular weight excluding hydrogens is 431 g/mol. The quantitative estimate of drug-likeness (QED) is 0.399. The fourth-order valence-corrected chi connectivity index (χ4v) is 5.07. The van der Waals surface area contributed by atoms with Crippen molar-refractivity contribution in [3.8, 4) is 22.4 Å². The zero-order valence-corrected chi connectivity index (χ0v) is 19.9. The van der Waals surface area contributed by atoms with Crippen molar-refractivity contribution in [1.29, 1.82) is 0 Å². The lowest BCUT2D eigenvalue weighted by Gasteiger charge is -2.29. The minimum atomic E-state index is -0.920. The van der Waals surface area contributed by atoms with Crippen molar-refractivity contribution in [2.75, 3.05) is 13.2 Å². The largest absolute Gasteiger partial charge is 0.480 e. The third kappa shape index (κ3) is 5.73. The Morgan fingerprint density at radius 2 is 1.74 bits per heavy atom. The predicted octanol–water partition coefficient (Wildman–Crippen LogP) is 6.39. The van der Waals surface area contributed by atoms with Crippen LogP contribution in [0.3, 0.4) is 0 Å². The van der Waals surface area contributed by atoms with Gasteiger partial charge < -0.3 is 9.84 Å². The van der Waals surface area contributed by atoms with Crippen LogP contribution in [0, 0.1) is 17.7 Å². The SMILES string of the molecule is CC(C)c1c(-c2cccc(F)c2)c(-c2ccccc2)nn1C[C@H]1CC[C@H](COCC(=O)O)CC1. The lowest BCUT2D eigenvalue weighted by molar-refractivity contribution is -0.142. The fraction of sp³-hybridized carbons (Fsp3) is 0.429. The normalized spacial score (nSPS) is 18.4. The van der Waals surface area contributed by atoms with Gasteiger partial charge in [0.1, 0.15) is 18.1 Å². The second-order valence-electron chi connectivity index (χ2n) is 9.62. The molecule has 0 saturated heterocycles. The van der Waals surface area contributed by atoms with Gasteiger partial charge in [-0.3, -0.25) is 4.68 Å². The van der Waals surface area contributed by atoms with Gasteiger partial charge in [-0.2, -0.15) is 5.10 Å². The van der Waals surface area contributed by atoms with Crippen LogP contribution in [-0.2, 0) is 16.1 Å². The maximum absolute atomic E-state index is 14.2. The zero-order chi connectivity index (χ0) is 24.1. The molecule has 1 saturated carbocycles. The third-order valence-electron chi connectivity index (χ3n) is 6.68. The molecule has 0 bridgehead atoms. The summed E-state index contributed by atoms with van der Waals surface area (Å²) in [6.45, 7) is 5.45. The molecule has 0 atom stereocenters. The van der Waals surface area contributed by atoms with E-state index in [2.05, 4.69) is 30.7 Å². The number of carboxylic acid groups (broad SMARTS) is 1. The highest BCUT2D eigenvalue weighted by atomic mass is 19.1. The number of carbonyl (C=O) groups is 1. The Kier molecular flexibility index (Phi) is 7.78. The summed E-state index contributed by atoms with van der Waals surface area (Å²) in [6.07, 6.45) is 4.19. The predicted molar refractivity (Wildman–Crippen MR) is 131 cm³/mol. The first-order chi connectivity index (χ1) is 16.4. The zero-order valence-electron chi connectivity index (χ0n) is 19.9. The van der Waals surface area contributed by atoms with Crippen LogP contribution in [0.1, 0.15) is 51.1 Å². The summed E-state index contributed by atoms with van der Waals surface area (Å²) < 4.78 is 21.7. The highest BCUT2D eigenvalue weighted by Gasteiger charge is 2.27. The van der Waals surface area contributed by atoms with Gasteiger partial charge in [0.25, 0.3) is 0 Å². The van der Waals surface area contributed by atoms with E-state index in [1.165, 1.54) is 6.07 Å². The van der Waals surface area contributed by atoms with Crippen LogP contribution >= 0.6 is 0 Å². The van der Waals surface area contributed by atoms with E-state index in [4.69, 9.17) is 14.9 Å². The molecule has 1 N–H and O–H groups in total. The number of aromatic nitrogens is 2. The van der Waals surface area contributed by atoms with Crippen LogP contribution in [0.15, 0.2) is 54.6 Å². The van der Waals surface area contributed by atoms with Crippen molar-refractivity contribution in [3.05, 3.63) is 66.1 Å². The number of benzene rings is 2. The third-order valence-corrected chi connectivity index (χ3v) is 6.68. The first-order valence-electron chi connectivity index (χ1n) is 12.1. The topological polar surface area (TPSA) is 64.4 Å². The summed E-state index contributed by atoms with van der Waals surface area (Å²) >= 11 is 0. The molecule has 4 rings (SSSR count). The van der Waals surface area contributed by atoms with Gasteiger partial charge in [-0.05, 0) is 61.1 Å². The van der Waals surface area contributed by atoms with Crippen LogP contribution in [-0.4, -0.2) is 34.1 Å². The van der Waals surface area contributed by atoms with E-state index in [1.54, 1.807) is 12.1 Å². The standard InChI is InChI=1S/C28H33FN2O3/c1-19(2)28-26(23-9-6-10-24(29)15-23)27(22-7-4-3-5-8-22)30-31(28)16-20-11-13-21(14-12-20)17-34-18-25(32)33/h3-10,15,19-21H,11-14,16-18H2,1-2H3,(H,32,33)/t20-,21-. The van der Waals surface area contributed by atoms with Gasteiger partial charge in [-0.15, -0.1) is 0 Å². The molecule has 2 aromatic carbocycles. The highest BCUT2D eigenvalue weighted by Crippen LogP contribution is 2.39.